The van der Waals surface area contributed by atoms with Gasteiger partial charge in [0.05, 0.1) is 17.2 Å². The van der Waals surface area contributed by atoms with Crippen LogP contribution in [0.1, 0.15) is 32.4 Å². The zero-order valence-corrected chi connectivity index (χ0v) is 10.0. The minimum atomic E-state index is -0.481. The average molecular weight is 227 g/mol. The van der Waals surface area contributed by atoms with Gasteiger partial charge in [-0.15, -0.1) is 11.8 Å². The van der Waals surface area contributed by atoms with E-state index in [1.54, 1.807) is 20.0 Å². The highest BCUT2D eigenvalue weighted by Gasteiger charge is 2.11. The molecule has 1 rings (SSSR count). The first kappa shape index (κ1) is 12.5. The van der Waals surface area contributed by atoms with Gasteiger partial charge in [0.2, 0.25) is 0 Å². The Balaban J connectivity index is 2.64. The third-order valence-electron chi connectivity index (χ3n) is 2.23. The first-order chi connectivity index (χ1) is 7.00. The predicted octanol–water partition coefficient (Wildman–Crippen LogP) is 2.00. The van der Waals surface area contributed by atoms with Crippen molar-refractivity contribution in [3.8, 4) is 0 Å². The molecule has 84 valence electrons. The van der Waals surface area contributed by atoms with Crippen LogP contribution in [0.15, 0.2) is 23.4 Å². The molecule has 2 N–H and O–H groups in total. The van der Waals surface area contributed by atoms with Crippen LogP contribution in [-0.4, -0.2) is 26.6 Å². The third-order valence-corrected chi connectivity index (χ3v) is 3.48. The van der Waals surface area contributed by atoms with E-state index < -0.39 is 6.10 Å². The number of aromatic nitrogens is 1. The molecule has 1 heterocycles. The molecule has 0 aliphatic carbocycles. The molecule has 0 amide bonds. The molecule has 4 heteroatoms. The minimum Gasteiger partial charge on any atom is -0.392 e. The van der Waals surface area contributed by atoms with E-state index in [0.717, 1.165) is 10.6 Å². The first-order valence-electron chi connectivity index (χ1n) is 4.99. The fourth-order valence-corrected chi connectivity index (χ4v) is 1.84. The number of pyridine rings is 1. The standard InChI is InChI=1S/C11H17NO2S/c1-7(13)9(3)15-11-5-4-10(6-12-11)8(2)14/h4-9,13-14H,1-3H3/t7?,8-,9?/m1/s1. The normalized spacial score (nSPS) is 17.1. The van der Waals surface area contributed by atoms with E-state index in [4.69, 9.17) is 0 Å². The number of thioether (sulfide) groups is 1. The molecule has 3 nitrogen and oxygen atoms in total. The average Bonchev–Trinajstić information content (AvgIpc) is 2.18. The van der Waals surface area contributed by atoms with Crippen LogP contribution in [-0.2, 0) is 0 Å². The number of rotatable bonds is 4. The summed E-state index contributed by atoms with van der Waals surface area (Å²) in [4.78, 5) is 4.21. The topological polar surface area (TPSA) is 53.4 Å². The van der Waals surface area contributed by atoms with E-state index in [1.165, 1.54) is 11.8 Å². The minimum absolute atomic E-state index is 0.120. The number of aliphatic hydroxyl groups is 2. The molecule has 0 aliphatic heterocycles. The Bertz CT molecular complexity index is 298. The molecule has 15 heavy (non-hydrogen) atoms. The summed E-state index contributed by atoms with van der Waals surface area (Å²) in [6, 6.07) is 3.72. The lowest BCUT2D eigenvalue weighted by Crippen LogP contribution is -2.15. The van der Waals surface area contributed by atoms with Gasteiger partial charge < -0.3 is 10.2 Å². The quantitative estimate of drug-likeness (QED) is 0.772. The second-order valence-corrected chi connectivity index (χ2v) is 5.07. The summed E-state index contributed by atoms with van der Waals surface area (Å²) in [7, 11) is 0. The lowest BCUT2D eigenvalue weighted by molar-refractivity contribution is 0.196. The Morgan fingerprint density at radius 3 is 2.27 bits per heavy atom. The van der Waals surface area contributed by atoms with Crippen molar-refractivity contribution in [3.05, 3.63) is 23.9 Å². The van der Waals surface area contributed by atoms with Crippen molar-refractivity contribution in [2.75, 3.05) is 0 Å². The van der Waals surface area contributed by atoms with E-state index in [0.29, 0.717) is 0 Å². The van der Waals surface area contributed by atoms with E-state index in [9.17, 15) is 10.2 Å². The zero-order valence-electron chi connectivity index (χ0n) is 9.21. The Labute approximate surface area is 94.6 Å². The molecule has 0 saturated heterocycles. The number of aliphatic hydroxyl groups excluding tert-OH is 2. The lowest BCUT2D eigenvalue weighted by Gasteiger charge is -2.13. The summed E-state index contributed by atoms with van der Waals surface area (Å²) in [6.07, 6.45) is 0.834. The second-order valence-electron chi connectivity index (χ2n) is 3.67. The van der Waals surface area contributed by atoms with Gasteiger partial charge in [0.25, 0.3) is 0 Å². The fourth-order valence-electron chi connectivity index (χ4n) is 0.998. The van der Waals surface area contributed by atoms with Gasteiger partial charge in [-0.2, -0.15) is 0 Å². The van der Waals surface area contributed by atoms with Gasteiger partial charge >= 0.3 is 0 Å². The maximum absolute atomic E-state index is 9.34. The molecule has 1 aromatic rings. The maximum atomic E-state index is 9.34. The van der Waals surface area contributed by atoms with Crippen molar-refractivity contribution < 1.29 is 10.2 Å². The number of hydrogen-bond acceptors (Lipinski definition) is 4. The third kappa shape index (κ3) is 3.81. The molecule has 0 bridgehead atoms. The summed E-state index contributed by atoms with van der Waals surface area (Å²) >= 11 is 1.53. The lowest BCUT2D eigenvalue weighted by atomic mass is 10.2. The summed E-state index contributed by atoms with van der Waals surface area (Å²) < 4.78 is 0. The molecule has 0 fully saturated rings. The summed E-state index contributed by atoms with van der Waals surface area (Å²) in [6.45, 7) is 5.43. The molecule has 1 aromatic heterocycles. The molecule has 2 unspecified atom stereocenters. The molecule has 0 aromatic carbocycles. The monoisotopic (exact) mass is 227 g/mol. The largest absolute Gasteiger partial charge is 0.392 e. The maximum Gasteiger partial charge on any atom is 0.0963 e. The highest BCUT2D eigenvalue weighted by atomic mass is 32.2. The van der Waals surface area contributed by atoms with Gasteiger partial charge in [-0.1, -0.05) is 13.0 Å². The van der Waals surface area contributed by atoms with Crippen molar-refractivity contribution in [3.63, 3.8) is 0 Å². The summed E-state index contributed by atoms with van der Waals surface area (Å²) in [5.74, 6) is 0. The van der Waals surface area contributed by atoms with Crippen molar-refractivity contribution >= 4 is 11.8 Å². The van der Waals surface area contributed by atoms with Crippen LogP contribution in [0.25, 0.3) is 0 Å². The van der Waals surface area contributed by atoms with E-state index in [2.05, 4.69) is 4.98 Å². The van der Waals surface area contributed by atoms with Gasteiger partial charge in [0.15, 0.2) is 0 Å². The smallest absolute Gasteiger partial charge is 0.0963 e. The van der Waals surface area contributed by atoms with Crippen LogP contribution in [0.2, 0.25) is 0 Å². The zero-order chi connectivity index (χ0) is 11.4. The van der Waals surface area contributed by atoms with Crippen molar-refractivity contribution in [2.24, 2.45) is 0 Å². The number of nitrogens with zero attached hydrogens (tertiary/aromatic N) is 1. The SMILES string of the molecule is CC(O)C(C)Sc1ccc([C@@H](C)O)cn1. The van der Waals surface area contributed by atoms with Gasteiger partial charge in [-0.3, -0.25) is 0 Å². The Morgan fingerprint density at radius 1 is 1.20 bits per heavy atom. The molecule has 0 radical (unpaired) electrons. The van der Waals surface area contributed by atoms with Gasteiger partial charge in [-0.05, 0) is 25.5 Å². The van der Waals surface area contributed by atoms with Crippen LogP contribution < -0.4 is 0 Å². The molecular formula is C11H17NO2S. The Morgan fingerprint density at radius 2 is 1.87 bits per heavy atom. The van der Waals surface area contributed by atoms with Crippen LogP contribution >= 0.6 is 11.8 Å². The second kappa shape index (κ2) is 5.49. The van der Waals surface area contributed by atoms with E-state index in [-0.39, 0.29) is 11.4 Å². The van der Waals surface area contributed by atoms with Crippen molar-refractivity contribution in [2.45, 2.75) is 43.3 Å². The van der Waals surface area contributed by atoms with Crippen LogP contribution in [0, 0.1) is 0 Å². The molecule has 0 aliphatic rings. The Kier molecular flexibility index (Phi) is 4.57. The highest BCUT2D eigenvalue weighted by molar-refractivity contribution is 7.99. The van der Waals surface area contributed by atoms with Crippen molar-refractivity contribution in [1.82, 2.24) is 4.98 Å². The molecule has 0 spiro atoms. The number of hydrogen-bond donors (Lipinski definition) is 2. The summed E-state index contributed by atoms with van der Waals surface area (Å²) in [5.41, 5.74) is 0.809. The Hall–Kier alpha value is -0.580. The van der Waals surface area contributed by atoms with E-state index in [1.807, 2.05) is 19.1 Å². The van der Waals surface area contributed by atoms with Crippen LogP contribution in [0.5, 0.6) is 0 Å². The van der Waals surface area contributed by atoms with Gasteiger partial charge in [-0.25, -0.2) is 4.98 Å². The van der Waals surface area contributed by atoms with Crippen LogP contribution in [0.4, 0.5) is 0 Å². The molecular weight excluding hydrogens is 210 g/mol. The van der Waals surface area contributed by atoms with Gasteiger partial charge in [0.1, 0.15) is 0 Å². The van der Waals surface area contributed by atoms with Crippen LogP contribution in [0.3, 0.4) is 0 Å². The molecule has 0 saturated carbocycles. The predicted molar refractivity (Wildman–Crippen MR) is 61.9 cm³/mol. The van der Waals surface area contributed by atoms with Gasteiger partial charge in [0, 0.05) is 11.4 Å². The molecule has 3 atom stereocenters. The van der Waals surface area contributed by atoms with Crippen molar-refractivity contribution in [1.29, 1.82) is 0 Å². The van der Waals surface area contributed by atoms with E-state index >= 15 is 0 Å². The fraction of sp³-hybridized carbons (Fsp3) is 0.545. The first-order valence-corrected chi connectivity index (χ1v) is 5.87. The highest BCUT2D eigenvalue weighted by Crippen LogP contribution is 2.24. The summed E-state index contributed by atoms with van der Waals surface area (Å²) in [5, 5.41) is 19.6.